The van der Waals surface area contributed by atoms with Gasteiger partial charge in [-0.05, 0) is 46.8 Å². The number of unbranched alkanes of at least 4 members (excludes halogenated alkanes) is 11. The Bertz CT molecular complexity index is 1780. The SMILES string of the molecule is CCCCCCCCCCCCCCC(C#N)C(=O)N(c1ccnc(=O)[nH]1)[C@@H]1O[C@@H]2CO[Si](C(C)C)(C(C)C)O[Si](C(C)C)(C(C)C)O[C@H]2[C@]1(O)OC(=O)SOc1ccccc1. The summed E-state index contributed by atoms with van der Waals surface area (Å²) in [5.74, 6) is -4.47. The fraction of sp³-hybridized carbons (Fsp3) is 0.711. The normalized spacial score (nSPS) is 22.5. The Kier molecular flexibility index (Phi) is 20.2. The van der Waals surface area contributed by atoms with Crippen LogP contribution in [0.5, 0.6) is 5.75 Å². The second-order valence-corrected chi connectivity index (χ2v) is 27.5. The molecule has 4 rings (SSSR count). The van der Waals surface area contributed by atoms with Gasteiger partial charge in [0, 0.05) is 6.20 Å². The number of rotatable bonds is 23. The molecule has 346 valence electrons. The summed E-state index contributed by atoms with van der Waals surface area (Å²) in [5.41, 5.74) is -1.17. The zero-order valence-electron chi connectivity index (χ0n) is 38.4. The van der Waals surface area contributed by atoms with Gasteiger partial charge in [0.2, 0.25) is 12.1 Å². The van der Waals surface area contributed by atoms with Gasteiger partial charge in [-0.3, -0.25) is 14.7 Å². The Morgan fingerprint density at radius 2 is 1.47 bits per heavy atom. The van der Waals surface area contributed by atoms with E-state index < -0.39 is 64.2 Å². The molecule has 1 amide bonds. The minimum Gasteiger partial charge on any atom is -0.415 e. The van der Waals surface area contributed by atoms with Crippen LogP contribution in [-0.2, 0) is 27.2 Å². The number of aliphatic hydroxyl groups is 1. The summed E-state index contributed by atoms with van der Waals surface area (Å²) >= 11 is 0.340. The Morgan fingerprint density at radius 1 is 0.903 bits per heavy atom. The molecule has 2 aliphatic rings. The number of carbonyl (C=O) groups excluding carboxylic acids is 2. The van der Waals surface area contributed by atoms with Crippen LogP contribution in [0.4, 0.5) is 10.6 Å². The second kappa shape index (κ2) is 24.3. The van der Waals surface area contributed by atoms with Gasteiger partial charge in [-0.2, -0.15) is 5.26 Å². The maximum absolute atomic E-state index is 14.9. The third kappa shape index (κ3) is 12.8. The highest BCUT2D eigenvalue weighted by atomic mass is 32.2. The summed E-state index contributed by atoms with van der Waals surface area (Å²) < 4.78 is 39.8. The largest absolute Gasteiger partial charge is 0.415 e. The van der Waals surface area contributed by atoms with Crippen molar-refractivity contribution in [1.29, 1.82) is 5.26 Å². The van der Waals surface area contributed by atoms with Crippen molar-refractivity contribution in [3.05, 3.63) is 53.1 Å². The first-order valence-electron chi connectivity index (χ1n) is 22.9. The third-order valence-corrected chi connectivity index (χ3v) is 22.8. The number of hydrogen-bond donors (Lipinski definition) is 2. The average Bonchev–Trinajstić information content (AvgIpc) is 3.47. The quantitative estimate of drug-likeness (QED) is 0.0353. The lowest BCUT2D eigenvalue weighted by Crippen LogP contribution is -2.68. The maximum atomic E-state index is 14.9. The smallest absolute Gasteiger partial charge is 0.409 e. The summed E-state index contributed by atoms with van der Waals surface area (Å²) in [6.45, 7) is 18.4. The van der Waals surface area contributed by atoms with Crippen molar-refractivity contribution in [1.82, 2.24) is 9.97 Å². The molecule has 2 aromatic rings. The second-order valence-electron chi connectivity index (χ2n) is 18.0. The number of H-pyrrole nitrogens is 1. The molecule has 0 radical (unpaired) electrons. The molecule has 14 nitrogen and oxygen atoms in total. The van der Waals surface area contributed by atoms with Gasteiger partial charge in [-0.15, -0.1) is 0 Å². The van der Waals surface area contributed by atoms with Gasteiger partial charge in [-0.1, -0.05) is 158 Å². The number of nitrogens with one attached hydrogen (secondary N) is 1. The van der Waals surface area contributed by atoms with Crippen LogP contribution in [0.1, 0.15) is 146 Å². The van der Waals surface area contributed by atoms with E-state index >= 15 is 0 Å². The van der Waals surface area contributed by atoms with E-state index in [1.807, 2.05) is 27.7 Å². The molecule has 62 heavy (non-hydrogen) atoms. The summed E-state index contributed by atoms with van der Waals surface area (Å²) in [5, 5.41) is 22.6. The highest BCUT2D eigenvalue weighted by Gasteiger charge is 2.69. The molecule has 17 heteroatoms. The number of benzene rings is 1. The van der Waals surface area contributed by atoms with Gasteiger partial charge < -0.3 is 31.7 Å². The number of aromatic amines is 1. The summed E-state index contributed by atoms with van der Waals surface area (Å²) in [6.07, 6.45) is 10.6. The van der Waals surface area contributed by atoms with Crippen molar-refractivity contribution in [3.63, 3.8) is 0 Å². The minimum atomic E-state index is -3.49. The first kappa shape index (κ1) is 51.5. The molecule has 2 N–H and O–H groups in total. The Balaban J connectivity index is 1.71. The van der Waals surface area contributed by atoms with E-state index in [2.05, 4.69) is 50.7 Å². The molecule has 5 atom stereocenters. The molecule has 2 saturated heterocycles. The fourth-order valence-electron chi connectivity index (χ4n) is 8.68. The number of carbonyl (C=O) groups is 2. The van der Waals surface area contributed by atoms with Crippen LogP contribution in [-0.4, -0.2) is 74.2 Å². The highest BCUT2D eigenvalue weighted by Crippen LogP contribution is 2.50. The number of aromatic nitrogens is 2. The topological polar surface area (TPSA) is 183 Å². The molecule has 0 saturated carbocycles. The predicted molar refractivity (Wildman–Crippen MR) is 246 cm³/mol. The molecule has 1 aromatic heterocycles. The Labute approximate surface area is 375 Å². The molecule has 2 fully saturated rings. The molecule has 2 aliphatic heterocycles. The molecule has 0 bridgehead atoms. The fourth-order valence-corrected chi connectivity index (χ4v) is 20.3. The predicted octanol–water partition coefficient (Wildman–Crippen LogP) is 10.6. The van der Waals surface area contributed by atoms with Crippen molar-refractivity contribution >= 4 is 46.2 Å². The number of para-hydroxylation sites is 1. The van der Waals surface area contributed by atoms with Crippen molar-refractivity contribution in [2.45, 2.75) is 192 Å². The number of nitrogens with zero attached hydrogens (tertiary/aromatic N) is 3. The lowest BCUT2D eigenvalue weighted by Gasteiger charge is -2.52. The standard InChI is InChI=1S/C45H72N4O10SSi2/c1-10-11-12-13-14-15-16-17-18-19-20-22-25-36(30-46)41(50)49(39-28-29-47-43(51)48-39)42-45(53,56-44(52)60-57-37-26-23-21-24-27-37)40-38(55-42)31-54-61(32(2)3,33(4)5)59-62(58-40,34(6)7)35(8)9/h21,23-24,26-29,32-36,38,40,42,53H,10-20,22,25,31H2,1-9H3,(H,47,48,51)/t36?,38-,40-,42-,45+/m1/s1. The number of amides is 1. The minimum absolute atomic E-state index is 0.0100. The summed E-state index contributed by atoms with van der Waals surface area (Å²) in [4.78, 5) is 48.8. The van der Waals surface area contributed by atoms with Gasteiger partial charge in [0.1, 0.15) is 29.7 Å². The van der Waals surface area contributed by atoms with E-state index in [0.29, 0.717) is 24.2 Å². The van der Waals surface area contributed by atoms with Crippen LogP contribution in [0.3, 0.4) is 0 Å². The van der Waals surface area contributed by atoms with Gasteiger partial charge in [0.25, 0.3) is 5.79 Å². The third-order valence-electron chi connectivity index (χ3n) is 12.1. The summed E-state index contributed by atoms with van der Waals surface area (Å²) in [6, 6.07) is 12.1. The number of hydrogen-bond acceptors (Lipinski definition) is 13. The first-order valence-corrected chi connectivity index (χ1v) is 27.5. The average molecular weight is 917 g/mol. The monoisotopic (exact) mass is 916 g/mol. The number of nitriles is 1. The van der Waals surface area contributed by atoms with Crippen LogP contribution in [0.25, 0.3) is 0 Å². The van der Waals surface area contributed by atoms with Crippen molar-refractivity contribution in [2.75, 3.05) is 11.5 Å². The van der Waals surface area contributed by atoms with Gasteiger partial charge in [0.05, 0.1) is 12.7 Å². The van der Waals surface area contributed by atoms with E-state index in [1.165, 1.54) is 57.2 Å². The van der Waals surface area contributed by atoms with E-state index in [0.717, 1.165) is 30.6 Å². The molecular formula is C45H72N4O10SSi2. The van der Waals surface area contributed by atoms with Crippen molar-refractivity contribution in [2.24, 2.45) is 5.92 Å². The van der Waals surface area contributed by atoms with Crippen LogP contribution in [0.2, 0.25) is 22.2 Å². The highest BCUT2D eigenvalue weighted by molar-refractivity contribution is 8.09. The van der Waals surface area contributed by atoms with Crippen LogP contribution < -0.4 is 14.8 Å². The Hall–Kier alpha value is -3.09. The molecule has 1 aromatic carbocycles. The van der Waals surface area contributed by atoms with Crippen LogP contribution >= 0.6 is 12.0 Å². The zero-order chi connectivity index (χ0) is 45.5. The van der Waals surface area contributed by atoms with Crippen LogP contribution in [0.15, 0.2) is 47.4 Å². The van der Waals surface area contributed by atoms with Gasteiger partial charge >= 0.3 is 28.1 Å². The molecule has 1 unspecified atom stereocenters. The number of fused-ring (bicyclic) bond motifs is 1. The van der Waals surface area contributed by atoms with Crippen LogP contribution in [0, 0.1) is 17.2 Å². The van der Waals surface area contributed by atoms with E-state index in [1.54, 1.807) is 30.3 Å². The molecular weight excluding hydrogens is 845 g/mol. The van der Waals surface area contributed by atoms with E-state index in [-0.39, 0.29) is 41.0 Å². The number of anilines is 1. The summed E-state index contributed by atoms with van der Waals surface area (Å²) in [7, 11) is -6.60. The lowest BCUT2D eigenvalue weighted by molar-refractivity contribution is -0.222. The van der Waals surface area contributed by atoms with Crippen molar-refractivity contribution < 1.29 is 41.3 Å². The molecule has 0 spiro atoms. The van der Waals surface area contributed by atoms with Gasteiger partial charge in [-0.25, -0.2) is 14.6 Å². The van der Waals surface area contributed by atoms with Gasteiger partial charge in [0.15, 0.2) is 12.0 Å². The number of ether oxygens (including phenoxy) is 2. The lowest BCUT2D eigenvalue weighted by atomic mass is 9.98. The molecule has 3 heterocycles. The van der Waals surface area contributed by atoms with E-state index in [9.17, 15) is 24.8 Å². The first-order chi connectivity index (χ1) is 29.6. The maximum Gasteiger partial charge on any atom is 0.409 e. The Morgan fingerprint density at radius 3 is 2.00 bits per heavy atom. The van der Waals surface area contributed by atoms with E-state index in [4.69, 9.17) is 26.6 Å². The van der Waals surface area contributed by atoms with Crippen molar-refractivity contribution in [3.8, 4) is 11.8 Å². The molecule has 0 aliphatic carbocycles. The zero-order valence-corrected chi connectivity index (χ0v) is 41.2.